The zero-order chi connectivity index (χ0) is 16.5. The molecule has 0 atom stereocenters. The molecule has 1 aliphatic rings. The maximum absolute atomic E-state index is 12.5. The Balaban J connectivity index is 1.53. The molecule has 24 heavy (non-hydrogen) atoms. The minimum atomic E-state index is -0.138. The molecule has 124 valence electrons. The SMILES string of the molecule is NCCCn1cnc2cc(C(=O)Nc3nc4c(s3)CCC4)ccc21. The van der Waals surface area contributed by atoms with E-state index in [4.69, 9.17) is 5.73 Å². The van der Waals surface area contributed by atoms with Crippen LogP contribution in [0.15, 0.2) is 24.5 Å². The molecular weight excluding hydrogens is 322 g/mol. The van der Waals surface area contributed by atoms with Gasteiger partial charge in [-0.3, -0.25) is 10.1 Å². The fourth-order valence-electron chi connectivity index (χ4n) is 3.06. The van der Waals surface area contributed by atoms with Gasteiger partial charge in [-0.25, -0.2) is 9.97 Å². The number of carbonyl (C=O) groups excluding carboxylic acids is 1. The number of hydrogen-bond acceptors (Lipinski definition) is 5. The van der Waals surface area contributed by atoms with E-state index in [2.05, 4.69) is 19.9 Å². The molecule has 0 unspecified atom stereocenters. The number of rotatable bonds is 5. The summed E-state index contributed by atoms with van der Waals surface area (Å²) in [7, 11) is 0. The Labute approximate surface area is 143 Å². The van der Waals surface area contributed by atoms with Gasteiger partial charge in [-0.15, -0.1) is 11.3 Å². The standard InChI is InChI=1S/C17H19N5OS/c18-7-2-8-22-10-19-13-9-11(5-6-14(13)22)16(23)21-17-20-12-3-1-4-15(12)24-17/h5-6,9-10H,1-4,7-8,18H2,(H,20,21,23). The number of nitrogens with one attached hydrogen (secondary N) is 1. The smallest absolute Gasteiger partial charge is 0.257 e. The first-order valence-electron chi connectivity index (χ1n) is 8.19. The maximum Gasteiger partial charge on any atom is 0.257 e. The lowest BCUT2D eigenvalue weighted by Crippen LogP contribution is -2.11. The number of carbonyl (C=O) groups is 1. The van der Waals surface area contributed by atoms with Gasteiger partial charge in [0.2, 0.25) is 0 Å². The lowest BCUT2D eigenvalue weighted by atomic mass is 10.2. The largest absolute Gasteiger partial charge is 0.331 e. The molecule has 3 aromatic rings. The zero-order valence-corrected chi connectivity index (χ0v) is 14.1. The van der Waals surface area contributed by atoms with E-state index in [0.717, 1.165) is 42.5 Å². The predicted octanol–water partition coefficient (Wildman–Crippen LogP) is 2.58. The number of nitrogens with two attached hydrogens (primary N) is 1. The van der Waals surface area contributed by atoms with Gasteiger partial charge in [-0.05, 0) is 50.4 Å². The number of benzene rings is 1. The van der Waals surface area contributed by atoms with Crippen LogP contribution >= 0.6 is 11.3 Å². The van der Waals surface area contributed by atoms with Crippen molar-refractivity contribution < 1.29 is 4.79 Å². The van der Waals surface area contributed by atoms with Gasteiger partial charge in [0, 0.05) is 17.0 Å². The van der Waals surface area contributed by atoms with Crippen molar-refractivity contribution in [3.05, 3.63) is 40.7 Å². The van der Waals surface area contributed by atoms with E-state index in [-0.39, 0.29) is 5.91 Å². The van der Waals surface area contributed by atoms with Gasteiger partial charge in [0.1, 0.15) is 0 Å². The molecule has 0 spiro atoms. The Kier molecular flexibility index (Phi) is 4.03. The number of amides is 1. The van der Waals surface area contributed by atoms with Gasteiger partial charge in [-0.1, -0.05) is 0 Å². The first-order chi connectivity index (χ1) is 11.7. The lowest BCUT2D eigenvalue weighted by molar-refractivity contribution is 0.102. The third kappa shape index (κ3) is 2.81. The van der Waals surface area contributed by atoms with E-state index in [9.17, 15) is 4.79 Å². The summed E-state index contributed by atoms with van der Waals surface area (Å²) in [6.07, 6.45) is 5.98. The number of thiazole rings is 1. The monoisotopic (exact) mass is 341 g/mol. The summed E-state index contributed by atoms with van der Waals surface area (Å²) in [6.45, 7) is 1.49. The van der Waals surface area contributed by atoms with Gasteiger partial charge < -0.3 is 10.3 Å². The minimum Gasteiger partial charge on any atom is -0.331 e. The normalized spacial score (nSPS) is 13.4. The van der Waals surface area contributed by atoms with E-state index in [1.54, 1.807) is 17.7 Å². The summed E-state index contributed by atoms with van der Waals surface area (Å²) in [5.41, 5.74) is 9.15. The van der Waals surface area contributed by atoms with Crippen molar-refractivity contribution in [2.24, 2.45) is 5.73 Å². The summed E-state index contributed by atoms with van der Waals surface area (Å²) >= 11 is 1.59. The molecule has 1 aromatic carbocycles. The first kappa shape index (κ1) is 15.3. The van der Waals surface area contributed by atoms with E-state index in [0.29, 0.717) is 17.2 Å². The molecule has 0 bridgehead atoms. The maximum atomic E-state index is 12.5. The number of fused-ring (bicyclic) bond motifs is 2. The second kappa shape index (κ2) is 6.33. The van der Waals surface area contributed by atoms with Crippen molar-refractivity contribution in [2.45, 2.75) is 32.2 Å². The van der Waals surface area contributed by atoms with E-state index < -0.39 is 0 Å². The highest BCUT2D eigenvalue weighted by Gasteiger charge is 2.18. The Hall–Kier alpha value is -2.25. The summed E-state index contributed by atoms with van der Waals surface area (Å²) in [5.74, 6) is -0.138. The topological polar surface area (TPSA) is 85.8 Å². The highest BCUT2D eigenvalue weighted by atomic mass is 32.1. The summed E-state index contributed by atoms with van der Waals surface area (Å²) in [4.78, 5) is 22.7. The van der Waals surface area contributed by atoms with Crippen LogP contribution in [0.4, 0.5) is 5.13 Å². The van der Waals surface area contributed by atoms with Crippen LogP contribution in [0.5, 0.6) is 0 Å². The van der Waals surface area contributed by atoms with Crippen LogP contribution in [0, 0.1) is 0 Å². The second-order valence-electron chi connectivity index (χ2n) is 5.98. The highest BCUT2D eigenvalue weighted by Crippen LogP contribution is 2.30. The van der Waals surface area contributed by atoms with Gasteiger partial charge in [0.05, 0.1) is 23.1 Å². The minimum absolute atomic E-state index is 0.138. The third-order valence-electron chi connectivity index (χ3n) is 4.30. The molecule has 2 aromatic heterocycles. The number of anilines is 1. The van der Waals surface area contributed by atoms with Crippen molar-refractivity contribution in [1.82, 2.24) is 14.5 Å². The Bertz CT molecular complexity index is 876. The predicted molar refractivity (Wildman–Crippen MR) is 95.5 cm³/mol. The van der Waals surface area contributed by atoms with Crippen molar-refractivity contribution in [1.29, 1.82) is 0 Å². The van der Waals surface area contributed by atoms with Crippen LogP contribution in [0.3, 0.4) is 0 Å². The summed E-state index contributed by atoms with van der Waals surface area (Å²) < 4.78 is 2.06. The molecular formula is C17H19N5OS. The summed E-state index contributed by atoms with van der Waals surface area (Å²) in [5, 5.41) is 3.60. The van der Waals surface area contributed by atoms with E-state index in [1.165, 1.54) is 11.3 Å². The molecule has 1 amide bonds. The number of nitrogens with zero attached hydrogens (tertiary/aromatic N) is 3. The molecule has 0 fully saturated rings. The average molecular weight is 341 g/mol. The first-order valence-corrected chi connectivity index (χ1v) is 9.01. The van der Waals surface area contributed by atoms with Crippen molar-refractivity contribution >= 4 is 33.4 Å². The Morgan fingerprint density at radius 2 is 2.29 bits per heavy atom. The second-order valence-corrected chi connectivity index (χ2v) is 7.06. The Morgan fingerprint density at radius 1 is 1.38 bits per heavy atom. The number of hydrogen-bond donors (Lipinski definition) is 2. The van der Waals surface area contributed by atoms with Crippen molar-refractivity contribution in [2.75, 3.05) is 11.9 Å². The molecule has 0 aliphatic heterocycles. The van der Waals surface area contributed by atoms with Gasteiger partial charge >= 0.3 is 0 Å². The number of aromatic nitrogens is 3. The van der Waals surface area contributed by atoms with Crippen molar-refractivity contribution in [3.8, 4) is 0 Å². The quantitative estimate of drug-likeness (QED) is 0.747. The fraction of sp³-hybridized carbons (Fsp3) is 0.353. The number of aryl methyl sites for hydroxylation is 3. The molecule has 6 nitrogen and oxygen atoms in total. The van der Waals surface area contributed by atoms with E-state index in [1.807, 2.05) is 18.2 Å². The van der Waals surface area contributed by atoms with Gasteiger partial charge in [0.25, 0.3) is 5.91 Å². The fourth-order valence-corrected chi connectivity index (χ4v) is 4.10. The lowest BCUT2D eigenvalue weighted by Gasteiger charge is -2.04. The van der Waals surface area contributed by atoms with Gasteiger partial charge in [0.15, 0.2) is 5.13 Å². The van der Waals surface area contributed by atoms with Crippen LogP contribution in [-0.2, 0) is 19.4 Å². The summed E-state index contributed by atoms with van der Waals surface area (Å²) in [6, 6.07) is 5.60. The highest BCUT2D eigenvalue weighted by molar-refractivity contribution is 7.16. The van der Waals surface area contributed by atoms with Crippen LogP contribution in [0.25, 0.3) is 11.0 Å². The molecule has 3 N–H and O–H groups in total. The van der Waals surface area contributed by atoms with Crippen LogP contribution in [0.1, 0.15) is 33.8 Å². The zero-order valence-electron chi connectivity index (χ0n) is 13.3. The van der Waals surface area contributed by atoms with Gasteiger partial charge in [-0.2, -0.15) is 0 Å². The van der Waals surface area contributed by atoms with E-state index >= 15 is 0 Å². The molecule has 7 heteroatoms. The Morgan fingerprint density at radius 3 is 3.12 bits per heavy atom. The average Bonchev–Trinajstić information content (AvgIpc) is 3.26. The number of imidazole rings is 1. The third-order valence-corrected chi connectivity index (χ3v) is 5.38. The van der Waals surface area contributed by atoms with Crippen molar-refractivity contribution in [3.63, 3.8) is 0 Å². The van der Waals surface area contributed by atoms with Crippen LogP contribution < -0.4 is 11.1 Å². The van der Waals surface area contributed by atoms with Crippen LogP contribution in [0.2, 0.25) is 0 Å². The molecule has 2 heterocycles. The van der Waals surface area contributed by atoms with Crippen LogP contribution in [-0.4, -0.2) is 27.0 Å². The molecule has 4 rings (SSSR count). The molecule has 1 aliphatic carbocycles. The molecule has 0 radical (unpaired) electrons. The molecule has 0 saturated carbocycles. The molecule has 0 saturated heterocycles.